The molecule has 0 spiro atoms. The molecule has 10 heteroatoms. The van der Waals surface area contributed by atoms with Gasteiger partial charge in [-0.05, 0) is 36.8 Å². The van der Waals surface area contributed by atoms with Gasteiger partial charge in [0.1, 0.15) is 17.1 Å². The Kier molecular flexibility index (Phi) is 6.32. The highest BCUT2D eigenvalue weighted by molar-refractivity contribution is 5.94. The van der Waals surface area contributed by atoms with Crippen molar-refractivity contribution in [2.24, 2.45) is 0 Å². The maximum absolute atomic E-state index is 13.1. The van der Waals surface area contributed by atoms with Gasteiger partial charge in [-0.2, -0.15) is 0 Å². The van der Waals surface area contributed by atoms with E-state index in [2.05, 4.69) is 9.47 Å². The first-order valence-corrected chi connectivity index (χ1v) is 7.69. The third-order valence-electron chi connectivity index (χ3n) is 3.68. The fraction of sp³-hybridized carbons (Fsp3) is 0.278. The Morgan fingerprint density at radius 1 is 1.00 bits per heavy atom. The van der Waals surface area contributed by atoms with Crippen LogP contribution in [0.4, 0.5) is 22.0 Å². The maximum atomic E-state index is 13.1. The van der Waals surface area contributed by atoms with Crippen molar-refractivity contribution in [3.63, 3.8) is 0 Å². The molecular weight excluding hydrogens is 391 g/mol. The van der Waals surface area contributed by atoms with Crippen LogP contribution >= 0.6 is 0 Å². The Hall–Kier alpha value is -3.04. The van der Waals surface area contributed by atoms with E-state index in [9.17, 15) is 26.7 Å². The van der Waals surface area contributed by atoms with Crippen LogP contribution < -0.4 is 14.2 Å². The van der Waals surface area contributed by atoms with Crippen LogP contribution in [0, 0.1) is 6.92 Å². The van der Waals surface area contributed by atoms with E-state index in [1.807, 2.05) is 0 Å². The van der Waals surface area contributed by atoms with Gasteiger partial charge in [-0.3, -0.25) is 0 Å². The molecule has 0 saturated heterocycles. The van der Waals surface area contributed by atoms with Crippen molar-refractivity contribution < 1.29 is 45.7 Å². The summed E-state index contributed by atoms with van der Waals surface area (Å²) in [4.78, 5) is 12.1. The summed E-state index contributed by atoms with van der Waals surface area (Å²) >= 11 is 0. The molecule has 2 aromatic rings. The Morgan fingerprint density at radius 2 is 1.64 bits per heavy atom. The van der Waals surface area contributed by atoms with Crippen molar-refractivity contribution in [3.05, 3.63) is 47.0 Å². The third kappa shape index (κ3) is 4.81. The number of halogens is 5. The largest absolute Gasteiger partial charge is 0.573 e. The summed E-state index contributed by atoms with van der Waals surface area (Å²) in [6.45, 7) is 1.30. The lowest BCUT2D eigenvalue weighted by atomic mass is 10.0. The molecule has 28 heavy (non-hydrogen) atoms. The van der Waals surface area contributed by atoms with Crippen molar-refractivity contribution in [2.75, 3.05) is 14.2 Å². The molecule has 0 heterocycles. The highest BCUT2D eigenvalue weighted by atomic mass is 19.4. The number of alkyl halides is 5. The average Bonchev–Trinajstić information content (AvgIpc) is 2.61. The monoisotopic (exact) mass is 406 g/mol. The molecule has 0 saturated carbocycles. The standard InChI is InChI=1S/C18H15F5O5/c1-9-11(16(19)20)5-7-13(15(9)17(24)26-3)27-12-6-4-10(8-14(12)25-2)28-18(21,22)23/h4-8,16H,1-3H3. The number of carbonyl (C=O) groups is 1. The molecule has 152 valence electrons. The van der Waals surface area contributed by atoms with Gasteiger partial charge in [0.15, 0.2) is 11.5 Å². The number of esters is 1. The number of hydrogen-bond acceptors (Lipinski definition) is 5. The van der Waals surface area contributed by atoms with Gasteiger partial charge in [-0.15, -0.1) is 13.2 Å². The second kappa shape index (κ2) is 8.32. The van der Waals surface area contributed by atoms with Crippen LogP contribution in [0.2, 0.25) is 0 Å². The Labute approximate surface area is 156 Å². The fourth-order valence-corrected chi connectivity index (χ4v) is 2.43. The molecule has 0 aliphatic rings. The van der Waals surface area contributed by atoms with E-state index in [4.69, 9.17) is 9.47 Å². The first-order chi connectivity index (χ1) is 13.1. The van der Waals surface area contributed by atoms with Gasteiger partial charge in [-0.25, -0.2) is 13.6 Å². The minimum Gasteiger partial charge on any atom is -0.493 e. The number of hydrogen-bond donors (Lipinski definition) is 0. The molecule has 0 bridgehead atoms. The molecule has 0 fully saturated rings. The molecule has 0 atom stereocenters. The first-order valence-electron chi connectivity index (χ1n) is 7.69. The normalized spacial score (nSPS) is 11.3. The number of carbonyl (C=O) groups excluding carboxylic acids is 1. The van der Waals surface area contributed by atoms with Crippen molar-refractivity contribution in [3.8, 4) is 23.0 Å². The molecule has 0 aliphatic carbocycles. The lowest BCUT2D eigenvalue weighted by Gasteiger charge is -2.17. The lowest BCUT2D eigenvalue weighted by Crippen LogP contribution is -2.17. The topological polar surface area (TPSA) is 54.0 Å². The van der Waals surface area contributed by atoms with Gasteiger partial charge < -0.3 is 18.9 Å². The molecule has 2 aromatic carbocycles. The van der Waals surface area contributed by atoms with Crippen molar-refractivity contribution >= 4 is 5.97 Å². The van der Waals surface area contributed by atoms with Crippen LogP contribution in [0.1, 0.15) is 27.9 Å². The predicted molar refractivity (Wildman–Crippen MR) is 87.2 cm³/mol. The highest BCUT2D eigenvalue weighted by Crippen LogP contribution is 2.39. The highest BCUT2D eigenvalue weighted by Gasteiger charge is 2.31. The van der Waals surface area contributed by atoms with Crippen molar-refractivity contribution in [1.82, 2.24) is 0 Å². The fourth-order valence-electron chi connectivity index (χ4n) is 2.43. The summed E-state index contributed by atoms with van der Waals surface area (Å²) in [7, 11) is 2.26. The van der Waals surface area contributed by atoms with E-state index in [1.54, 1.807) is 0 Å². The van der Waals surface area contributed by atoms with E-state index < -0.39 is 24.5 Å². The number of benzene rings is 2. The maximum Gasteiger partial charge on any atom is 0.573 e. The molecule has 0 aliphatic heterocycles. The summed E-state index contributed by atoms with van der Waals surface area (Å²) in [6.07, 6.45) is -7.72. The van der Waals surface area contributed by atoms with Crippen LogP contribution in [0.3, 0.4) is 0 Å². The second-order valence-electron chi connectivity index (χ2n) is 5.41. The molecule has 0 N–H and O–H groups in total. The Bertz CT molecular complexity index is 864. The van der Waals surface area contributed by atoms with Gasteiger partial charge in [-0.1, -0.05) is 0 Å². The van der Waals surface area contributed by atoms with Crippen LogP contribution in [0.5, 0.6) is 23.0 Å². The van der Waals surface area contributed by atoms with Gasteiger partial charge in [0.05, 0.1) is 14.2 Å². The summed E-state index contributed by atoms with van der Waals surface area (Å²) < 4.78 is 82.2. The minimum absolute atomic E-state index is 0.0460. The third-order valence-corrected chi connectivity index (χ3v) is 3.68. The molecule has 5 nitrogen and oxygen atoms in total. The zero-order valence-corrected chi connectivity index (χ0v) is 14.9. The van der Waals surface area contributed by atoms with E-state index in [1.165, 1.54) is 14.0 Å². The zero-order chi connectivity index (χ0) is 21.1. The average molecular weight is 406 g/mol. The van der Waals surface area contributed by atoms with Crippen molar-refractivity contribution in [2.45, 2.75) is 19.7 Å². The minimum atomic E-state index is -4.90. The SMILES string of the molecule is COC(=O)c1c(Oc2ccc(OC(F)(F)F)cc2OC)ccc(C(F)F)c1C. The van der Waals surface area contributed by atoms with E-state index in [0.717, 1.165) is 37.4 Å². The predicted octanol–water partition coefficient (Wildman–Crippen LogP) is 5.42. The van der Waals surface area contributed by atoms with Gasteiger partial charge in [0.25, 0.3) is 6.43 Å². The zero-order valence-electron chi connectivity index (χ0n) is 14.9. The van der Waals surface area contributed by atoms with Gasteiger partial charge in [0.2, 0.25) is 0 Å². The van der Waals surface area contributed by atoms with E-state index >= 15 is 0 Å². The molecular formula is C18H15F5O5. The molecule has 2 rings (SSSR count). The summed E-state index contributed by atoms with van der Waals surface area (Å²) in [5.74, 6) is -1.78. The molecule has 0 aromatic heterocycles. The van der Waals surface area contributed by atoms with Crippen molar-refractivity contribution in [1.29, 1.82) is 0 Å². The number of methoxy groups -OCH3 is 2. The smallest absolute Gasteiger partial charge is 0.493 e. The molecule has 0 amide bonds. The first kappa shape index (κ1) is 21.3. The number of rotatable bonds is 6. The second-order valence-corrected chi connectivity index (χ2v) is 5.41. The summed E-state index contributed by atoms with van der Waals surface area (Å²) in [5.41, 5.74) is -0.665. The van der Waals surface area contributed by atoms with Gasteiger partial charge >= 0.3 is 12.3 Å². The summed E-state index contributed by atoms with van der Waals surface area (Å²) in [5, 5.41) is 0. The van der Waals surface area contributed by atoms with Gasteiger partial charge in [0, 0.05) is 11.6 Å². The van der Waals surface area contributed by atoms with E-state index in [-0.39, 0.29) is 33.9 Å². The van der Waals surface area contributed by atoms with Crippen LogP contribution in [0.25, 0.3) is 0 Å². The van der Waals surface area contributed by atoms with Crippen LogP contribution in [-0.2, 0) is 4.74 Å². The molecule has 0 unspecified atom stereocenters. The lowest BCUT2D eigenvalue weighted by molar-refractivity contribution is -0.274. The number of ether oxygens (including phenoxy) is 4. The summed E-state index contributed by atoms with van der Waals surface area (Å²) in [6, 6.07) is 5.25. The molecule has 0 radical (unpaired) electrons. The Balaban J connectivity index is 2.47. The van der Waals surface area contributed by atoms with Crippen LogP contribution in [-0.4, -0.2) is 26.6 Å². The quantitative estimate of drug-likeness (QED) is 0.474. The van der Waals surface area contributed by atoms with Crippen LogP contribution in [0.15, 0.2) is 30.3 Å². The Morgan fingerprint density at radius 3 is 2.18 bits per heavy atom. The van der Waals surface area contributed by atoms with E-state index in [0.29, 0.717) is 0 Å².